The molecule has 0 aliphatic heterocycles. The van der Waals surface area contributed by atoms with Gasteiger partial charge >= 0.3 is 0 Å². The van der Waals surface area contributed by atoms with E-state index in [1.54, 1.807) is 12.3 Å². The highest BCUT2D eigenvalue weighted by Gasteiger charge is 2.19. The van der Waals surface area contributed by atoms with Crippen molar-refractivity contribution in [1.82, 2.24) is 4.98 Å². The molecule has 0 bridgehead atoms. The van der Waals surface area contributed by atoms with Crippen LogP contribution in [0.2, 0.25) is 0 Å². The van der Waals surface area contributed by atoms with Crippen LogP contribution in [-0.4, -0.2) is 24.3 Å². The van der Waals surface area contributed by atoms with Crippen molar-refractivity contribution in [2.75, 3.05) is 10.5 Å². The normalized spacial score (nSPS) is 14.6. The third kappa shape index (κ3) is 4.52. The lowest BCUT2D eigenvalue weighted by molar-refractivity contribution is 0.195. The highest BCUT2D eigenvalue weighted by atomic mass is 32.2. The van der Waals surface area contributed by atoms with Crippen LogP contribution in [-0.2, 0) is 10.0 Å². The summed E-state index contributed by atoms with van der Waals surface area (Å²) < 4.78 is 26.8. The number of nitrogens with zero attached hydrogens (tertiary/aromatic N) is 1. The summed E-state index contributed by atoms with van der Waals surface area (Å²) in [6.07, 6.45) is -0.706. The second-order valence-electron chi connectivity index (χ2n) is 4.95. The molecule has 1 aromatic carbocycles. The van der Waals surface area contributed by atoms with E-state index in [0.717, 1.165) is 5.56 Å². The van der Waals surface area contributed by atoms with Crippen LogP contribution in [0.3, 0.4) is 0 Å². The second-order valence-corrected chi connectivity index (χ2v) is 7.57. The van der Waals surface area contributed by atoms with Crippen molar-refractivity contribution in [2.45, 2.75) is 25.9 Å². The first kappa shape index (κ1) is 15.9. The van der Waals surface area contributed by atoms with Gasteiger partial charge in [0.2, 0.25) is 10.0 Å². The first-order valence-electron chi connectivity index (χ1n) is 6.56. The van der Waals surface area contributed by atoms with E-state index >= 15 is 0 Å². The van der Waals surface area contributed by atoms with Crippen molar-refractivity contribution in [3.8, 4) is 0 Å². The number of aliphatic hydroxyl groups excluding tert-OH is 1. The maximum absolute atomic E-state index is 12.2. The average Bonchev–Trinajstić information content (AvgIpc) is 2.87. The van der Waals surface area contributed by atoms with Gasteiger partial charge in [0.25, 0.3) is 0 Å². The minimum absolute atomic E-state index is 0.0133. The van der Waals surface area contributed by atoms with E-state index in [0.29, 0.717) is 5.69 Å². The Morgan fingerprint density at radius 2 is 1.95 bits per heavy atom. The lowest BCUT2D eigenvalue weighted by atomic mass is 10.0. The fraction of sp³-hybridized carbons (Fsp3) is 0.357. The molecule has 2 aromatic rings. The number of aromatic nitrogens is 1. The Labute approximate surface area is 128 Å². The quantitative estimate of drug-likeness (QED) is 0.855. The zero-order chi connectivity index (χ0) is 15.5. The Hall–Kier alpha value is -1.44. The monoisotopic (exact) mass is 326 g/mol. The van der Waals surface area contributed by atoms with E-state index in [4.69, 9.17) is 0 Å². The fourth-order valence-electron chi connectivity index (χ4n) is 1.91. The van der Waals surface area contributed by atoms with Crippen molar-refractivity contribution in [1.29, 1.82) is 0 Å². The van der Waals surface area contributed by atoms with Gasteiger partial charge in [-0.2, -0.15) is 0 Å². The molecule has 2 atom stereocenters. The molecule has 5 nitrogen and oxygen atoms in total. The van der Waals surface area contributed by atoms with Gasteiger partial charge < -0.3 is 5.11 Å². The summed E-state index contributed by atoms with van der Waals surface area (Å²) in [5.41, 5.74) is 1.44. The molecular weight excluding hydrogens is 308 g/mol. The number of anilines is 1. The molecule has 1 heterocycles. The van der Waals surface area contributed by atoms with Crippen LogP contribution in [0.1, 0.15) is 37.1 Å². The minimum Gasteiger partial charge on any atom is -0.387 e. The predicted octanol–water partition coefficient (Wildman–Crippen LogP) is 2.74. The molecule has 114 valence electrons. The van der Waals surface area contributed by atoms with E-state index in [1.165, 1.54) is 11.3 Å². The molecular formula is C14H18N2O3S2. The first-order valence-corrected chi connectivity index (χ1v) is 9.09. The SMILES string of the molecule is CC(O)c1csc(NS(=O)(=O)CC(C)c2ccccc2)n1. The van der Waals surface area contributed by atoms with Gasteiger partial charge in [-0.25, -0.2) is 13.4 Å². The minimum atomic E-state index is -3.48. The van der Waals surface area contributed by atoms with Gasteiger partial charge in [-0.05, 0) is 18.4 Å². The molecule has 0 saturated carbocycles. The summed E-state index contributed by atoms with van der Waals surface area (Å²) in [7, 11) is -3.48. The summed E-state index contributed by atoms with van der Waals surface area (Å²) >= 11 is 1.17. The largest absolute Gasteiger partial charge is 0.387 e. The van der Waals surface area contributed by atoms with Crippen LogP contribution in [0.15, 0.2) is 35.7 Å². The number of rotatable bonds is 6. The van der Waals surface area contributed by atoms with Gasteiger partial charge in [-0.1, -0.05) is 37.3 Å². The lowest BCUT2D eigenvalue weighted by Gasteiger charge is -2.12. The van der Waals surface area contributed by atoms with Crippen molar-refractivity contribution < 1.29 is 13.5 Å². The van der Waals surface area contributed by atoms with E-state index in [9.17, 15) is 13.5 Å². The van der Waals surface area contributed by atoms with Gasteiger partial charge in [0.15, 0.2) is 5.13 Å². The number of sulfonamides is 1. The van der Waals surface area contributed by atoms with E-state index in [2.05, 4.69) is 9.71 Å². The van der Waals surface area contributed by atoms with E-state index in [-0.39, 0.29) is 16.8 Å². The third-order valence-electron chi connectivity index (χ3n) is 3.03. The summed E-state index contributed by atoms with van der Waals surface area (Å²) in [4.78, 5) is 4.05. The molecule has 0 saturated heterocycles. The number of aliphatic hydroxyl groups is 1. The third-order valence-corrected chi connectivity index (χ3v) is 5.38. The highest BCUT2D eigenvalue weighted by Crippen LogP contribution is 2.23. The molecule has 0 amide bonds. The van der Waals surface area contributed by atoms with Gasteiger partial charge in [-0.15, -0.1) is 11.3 Å². The number of hydrogen-bond acceptors (Lipinski definition) is 5. The van der Waals surface area contributed by atoms with E-state index < -0.39 is 16.1 Å². The van der Waals surface area contributed by atoms with Crippen LogP contribution in [0.25, 0.3) is 0 Å². The number of nitrogens with one attached hydrogen (secondary N) is 1. The summed E-state index contributed by atoms with van der Waals surface area (Å²) in [6.45, 7) is 3.46. The average molecular weight is 326 g/mol. The Balaban J connectivity index is 2.04. The molecule has 0 aliphatic rings. The van der Waals surface area contributed by atoms with Gasteiger partial charge in [0, 0.05) is 5.38 Å². The van der Waals surface area contributed by atoms with Crippen molar-refractivity contribution >= 4 is 26.5 Å². The molecule has 21 heavy (non-hydrogen) atoms. The van der Waals surface area contributed by atoms with Crippen LogP contribution in [0, 0.1) is 0 Å². The molecule has 1 aromatic heterocycles. The van der Waals surface area contributed by atoms with Crippen molar-refractivity contribution in [3.05, 3.63) is 47.0 Å². The highest BCUT2D eigenvalue weighted by molar-refractivity contribution is 7.92. The second kappa shape index (κ2) is 6.55. The topological polar surface area (TPSA) is 79.3 Å². The molecule has 0 radical (unpaired) electrons. The smallest absolute Gasteiger partial charge is 0.235 e. The molecule has 0 fully saturated rings. The molecule has 0 spiro atoms. The molecule has 0 aliphatic carbocycles. The zero-order valence-electron chi connectivity index (χ0n) is 11.9. The van der Waals surface area contributed by atoms with Crippen LogP contribution < -0.4 is 4.72 Å². The van der Waals surface area contributed by atoms with Crippen molar-refractivity contribution in [2.24, 2.45) is 0 Å². The summed E-state index contributed by atoms with van der Waals surface area (Å²) in [5.74, 6) is -0.124. The summed E-state index contributed by atoms with van der Waals surface area (Å²) in [6, 6.07) is 9.50. The molecule has 2 N–H and O–H groups in total. The van der Waals surface area contributed by atoms with Crippen LogP contribution in [0.4, 0.5) is 5.13 Å². The van der Waals surface area contributed by atoms with Crippen LogP contribution >= 0.6 is 11.3 Å². The van der Waals surface area contributed by atoms with Gasteiger partial charge in [0.1, 0.15) is 0 Å². The number of hydrogen-bond donors (Lipinski definition) is 2. The number of benzene rings is 1. The maximum atomic E-state index is 12.2. The standard InChI is InChI=1S/C14H18N2O3S2/c1-10(12-6-4-3-5-7-12)9-21(18,19)16-14-15-13(8-20-14)11(2)17/h3-8,10-11,17H,9H2,1-2H3,(H,15,16). The molecule has 2 unspecified atom stereocenters. The Morgan fingerprint density at radius 3 is 2.52 bits per heavy atom. The zero-order valence-corrected chi connectivity index (χ0v) is 13.5. The van der Waals surface area contributed by atoms with Gasteiger partial charge in [-0.3, -0.25) is 4.72 Å². The number of thiazole rings is 1. The maximum Gasteiger partial charge on any atom is 0.235 e. The van der Waals surface area contributed by atoms with Crippen LogP contribution in [0.5, 0.6) is 0 Å². The Morgan fingerprint density at radius 1 is 1.29 bits per heavy atom. The van der Waals surface area contributed by atoms with E-state index in [1.807, 2.05) is 37.3 Å². The van der Waals surface area contributed by atoms with Gasteiger partial charge in [0.05, 0.1) is 17.6 Å². The predicted molar refractivity (Wildman–Crippen MR) is 85.0 cm³/mol. The Kier molecular flexibility index (Phi) is 4.97. The Bertz CT molecular complexity index is 681. The first-order chi connectivity index (χ1) is 9.87. The van der Waals surface area contributed by atoms with Crippen molar-refractivity contribution in [3.63, 3.8) is 0 Å². The molecule has 2 rings (SSSR count). The lowest BCUT2D eigenvalue weighted by Crippen LogP contribution is -2.20. The summed E-state index contributed by atoms with van der Waals surface area (Å²) in [5, 5.41) is 11.3. The fourth-order valence-corrected chi connectivity index (χ4v) is 4.37. The molecule has 7 heteroatoms.